The molecule has 1 amide bonds. The summed E-state index contributed by atoms with van der Waals surface area (Å²) in [4.78, 5) is 12.0. The van der Waals surface area contributed by atoms with Crippen molar-refractivity contribution >= 4 is 18.3 Å². The molecule has 2 heterocycles. The normalized spacial score (nSPS) is 21.4. The van der Waals surface area contributed by atoms with Crippen LogP contribution in [0, 0.1) is 0 Å². The molecule has 24 heavy (non-hydrogen) atoms. The van der Waals surface area contributed by atoms with Crippen molar-refractivity contribution in [3.05, 3.63) is 23.8 Å². The van der Waals surface area contributed by atoms with Crippen molar-refractivity contribution in [2.75, 3.05) is 40.1 Å². The van der Waals surface area contributed by atoms with Gasteiger partial charge in [0.15, 0.2) is 11.5 Å². The van der Waals surface area contributed by atoms with Crippen LogP contribution in [-0.2, 0) is 9.53 Å². The Labute approximate surface area is 147 Å². The minimum Gasteiger partial charge on any atom is -0.454 e. The average molecular weight is 359 g/mol. The molecule has 0 radical (unpaired) electrons. The molecule has 0 spiro atoms. The van der Waals surface area contributed by atoms with Crippen LogP contribution in [0.3, 0.4) is 0 Å². The third-order valence-electron chi connectivity index (χ3n) is 3.89. The van der Waals surface area contributed by atoms with E-state index in [1.807, 2.05) is 18.2 Å². The van der Waals surface area contributed by atoms with Crippen LogP contribution >= 0.6 is 12.4 Å². The van der Waals surface area contributed by atoms with Crippen LogP contribution in [-0.4, -0.2) is 52.2 Å². The average Bonchev–Trinajstić information content (AvgIpc) is 3.19. The van der Waals surface area contributed by atoms with Crippen LogP contribution in [0.2, 0.25) is 0 Å². The maximum absolute atomic E-state index is 12.0. The molecular formula is C15H23ClN4O4. The minimum absolute atomic E-state index is 0. The first-order chi connectivity index (χ1) is 11.3. The SMILES string of the molecule is COCCNCC(=O)NC1NNCC1c1ccc2c(c1)OCO2.Cl. The van der Waals surface area contributed by atoms with Gasteiger partial charge in [-0.05, 0) is 17.7 Å². The number of hydrazine groups is 1. The summed E-state index contributed by atoms with van der Waals surface area (Å²) < 4.78 is 15.7. The highest BCUT2D eigenvalue weighted by Gasteiger charge is 2.30. The maximum Gasteiger partial charge on any atom is 0.235 e. The number of carbonyl (C=O) groups excluding carboxylic acids is 1. The number of carbonyl (C=O) groups is 1. The highest BCUT2D eigenvalue weighted by Crippen LogP contribution is 2.35. The number of fused-ring (bicyclic) bond motifs is 1. The number of hydrogen-bond donors (Lipinski definition) is 4. The van der Waals surface area contributed by atoms with Crippen LogP contribution in [0.1, 0.15) is 11.5 Å². The second kappa shape index (κ2) is 9.05. The molecule has 0 saturated carbocycles. The Morgan fingerprint density at radius 3 is 3.04 bits per heavy atom. The van der Waals surface area contributed by atoms with Crippen LogP contribution in [0.5, 0.6) is 11.5 Å². The first-order valence-corrected chi connectivity index (χ1v) is 7.65. The van der Waals surface area contributed by atoms with Gasteiger partial charge in [0.2, 0.25) is 12.7 Å². The van der Waals surface area contributed by atoms with Crippen molar-refractivity contribution in [2.45, 2.75) is 12.1 Å². The Morgan fingerprint density at radius 2 is 2.21 bits per heavy atom. The molecule has 3 rings (SSSR count). The van der Waals surface area contributed by atoms with E-state index in [4.69, 9.17) is 14.2 Å². The van der Waals surface area contributed by atoms with E-state index < -0.39 is 0 Å². The lowest BCUT2D eigenvalue weighted by atomic mass is 9.97. The first-order valence-electron chi connectivity index (χ1n) is 7.65. The summed E-state index contributed by atoms with van der Waals surface area (Å²) in [5, 5.41) is 6.01. The number of halogens is 1. The number of nitrogens with one attached hydrogen (secondary N) is 4. The van der Waals surface area contributed by atoms with Crippen LogP contribution in [0.25, 0.3) is 0 Å². The summed E-state index contributed by atoms with van der Waals surface area (Å²) in [6, 6.07) is 5.88. The van der Waals surface area contributed by atoms with Crippen molar-refractivity contribution < 1.29 is 19.0 Å². The van der Waals surface area contributed by atoms with E-state index in [9.17, 15) is 4.79 Å². The van der Waals surface area contributed by atoms with Gasteiger partial charge in [-0.3, -0.25) is 10.2 Å². The molecule has 1 fully saturated rings. The molecule has 9 heteroatoms. The van der Waals surface area contributed by atoms with Gasteiger partial charge in [-0.2, -0.15) is 0 Å². The Kier molecular flexibility index (Phi) is 7.07. The second-order valence-corrected chi connectivity index (χ2v) is 5.46. The molecule has 4 N–H and O–H groups in total. The third-order valence-corrected chi connectivity index (χ3v) is 3.89. The standard InChI is InChI=1S/C15H22N4O4.ClH/c1-21-5-4-16-8-14(20)18-15-11(7-17-19-15)10-2-3-12-13(6-10)23-9-22-12;/h2-3,6,11,15-17,19H,4-5,7-9H2,1H3,(H,18,20);1H. The van der Waals surface area contributed by atoms with E-state index in [-0.39, 0.29) is 43.7 Å². The fourth-order valence-electron chi connectivity index (χ4n) is 2.69. The predicted octanol–water partition coefficient (Wildman–Crippen LogP) is -0.293. The fourth-order valence-corrected chi connectivity index (χ4v) is 2.69. The van der Waals surface area contributed by atoms with Crippen molar-refractivity contribution in [3.63, 3.8) is 0 Å². The van der Waals surface area contributed by atoms with Gasteiger partial charge in [-0.1, -0.05) is 6.07 Å². The van der Waals surface area contributed by atoms with Crippen LogP contribution < -0.4 is 31.0 Å². The summed E-state index contributed by atoms with van der Waals surface area (Å²) in [6.45, 7) is 2.46. The first kappa shape index (κ1) is 18.8. The summed E-state index contributed by atoms with van der Waals surface area (Å²) in [5.74, 6) is 1.57. The molecule has 0 aromatic heterocycles. The molecule has 2 aliphatic rings. The Morgan fingerprint density at radius 1 is 1.38 bits per heavy atom. The number of methoxy groups -OCH3 is 1. The zero-order valence-electron chi connectivity index (χ0n) is 13.5. The highest BCUT2D eigenvalue weighted by molar-refractivity contribution is 5.85. The third kappa shape index (κ3) is 4.49. The van der Waals surface area contributed by atoms with Crippen LogP contribution in [0.15, 0.2) is 18.2 Å². The van der Waals surface area contributed by atoms with Crippen molar-refractivity contribution in [1.82, 2.24) is 21.5 Å². The molecule has 1 saturated heterocycles. The Balaban J connectivity index is 0.00000208. The Bertz CT molecular complexity index is 560. The van der Waals surface area contributed by atoms with E-state index in [0.29, 0.717) is 13.2 Å². The van der Waals surface area contributed by atoms with E-state index in [1.54, 1.807) is 7.11 Å². The van der Waals surface area contributed by atoms with Crippen LogP contribution in [0.4, 0.5) is 0 Å². The van der Waals surface area contributed by atoms with Gasteiger partial charge in [-0.25, -0.2) is 5.43 Å². The molecule has 2 aliphatic heterocycles. The zero-order chi connectivity index (χ0) is 16.1. The molecule has 1 aromatic carbocycles. The largest absolute Gasteiger partial charge is 0.454 e. The number of rotatable bonds is 7. The lowest BCUT2D eigenvalue weighted by Gasteiger charge is -2.20. The van der Waals surface area contributed by atoms with E-state index >= 15 is 0 Å². The second-order valence-electron chi connectivity index (χ2n) is 5.46. The lowest BCUT2D eigenvalue weighted by molar-refractivity contribution is -0.121. The summed E-state index contributed by atoms with van der Waals surface area (Å²) in [5.41, 5.74) is 7.28. The van der Waals surface area contributed by atoms with Gasteiger partial charge in [-0.15, -0.1) is 12.4 Å². The van der Waals surface area contributed by atoms with Crippen molar-refractivity contribution in [1.29, 1.82) is 0 Å². The smallest absolute Gasteiger partial charge is 0.235 e. The van der Waals surface area contributed by atoms with Crippen molar-refractivity contribution in [2.24, 2.45) is 0 Å². The predicted molar refractivity (Wildman–Crippen MR) is 90.4 cm³/mol. The molecular weight excluding hydrogens is 336 g/mol. The monoisotopic (exact) mass is 358 g/mol. The summed E-state index contributed by atoms with van der Waals surface area (Å²) in [6.07, 6.45) is -0.174. The number of amides is 1. The Hall–Kier alpha value is -1.58. The van der Waals surface area contributed by atoms with Gasteiger partial charge in [0.1, 0.15) is 6.17 Å². The number of ether oxygens (including phenoxy) is 3. The van der Waals surface area contributed by atoms with Gasteiger partial charge >= 0.3 is 0 Å². The summed E-state index contributed by atoms with van der Waals surface area (Å²) in [7, 11) is 1.63. The molecule has 134 valence electrons. The molecule has 8 nitrogen and oxygen atoms in total. The van der Waals surface area contributed by atoms with E-state index in [2.05, 4.69) is 21.5 Å². The van der Waals surface area contributed by atoms with Crippen molar-refractivity contribution in [3.8, 4) is 11.5 Å². The minimum atomic E-state index is -0.174. The van der Waals surface area contributed by atoms with E-state index in [1.165, 1.54) is 0 Å². The fraction of sp³-hybridized carbons (Fsp3) is 0.533. The quantitative estimate of drug-likeness (QED) is 0.498. The molecule has 0 aliphatic carbocycles. The maximum atomic E-state index is 12.0. The molecule has 0 bridgehead atoms. The van der Waals surface area contributed by atoms with E-state index in [0.717, 1.165) is 23.6 Å². The molecule has 1 aromatic rings. The molecule has 2 atom stereocenters. The van der Waals surface area contributed by atoms with Gasteiger partial charge < -0.3 is 24.8 Å². The number of benzene rings is 1. The number of hydrogen-bond acceptors (Lipinski definition) is 7. The summed E-state index contributed by atoms with van der Waals surface area (Å²) >= 11 is 0. The highest BCUT2D eigenvalue weighted by atomic mass is 35.5. The lowest BCUT2D eigenvalue weighted by Crippen LogP contribution is -2.49. The molecule has 2 unspecified atom stereocenters. The zero-order valence-corrected chi connectivity index (χ0v) is 14.3. The topological polar surface area (TPSA) is 92.9 Å². The van der Waals surface area contributed by atoms with Gasteiger partial charge in [0.05, 0.1) is 13.2 Å². The van der Waals surface area contributed by atoms with Gasteiger partial charge in [0, 0.05) is 26.1 Å². The van der Waals surface area contributed by atoms with Gasteiger partial charge in [0.25, 0.3) is 0 Å².